The van der Waals surface area contributed by atoms with Crippen molar-refractivity contribution in [2.45, 2.75) is 6.54 Å². The highest BCUT2D eigenvalue weighted by molar-refractivity contribution is 5.87. The summed E-state index contributed by atoms with van der Waals surface area (Å²) >= 11 is 0. The number of nitrogens with zero attached hydrogens (tertiary/aromatic N) is 1. The fourth-order valence-corrected chi connectivity index (χ4v) is 3.15. The van der Waals surface area contributed by atoms with Crippen LogP contribution in [0.5, 0.6) is 17.2 Å². The summed E-state index contributed by atoms with van der Waals surface area (Å²) in [4.78, 5) is 23.6. The largest absolute Gasteiger partial charge is 0.493 e. The van der Waals surface area contributed by atoms with Crippen molar-refractivity contribution in [1.82, 2.24) is 4.57 Å². The smallest absolute Gasteiger partial charge is 0.335 e. The molecule has 1 aromatic heterocycles. The molecular formula is C24H23NO6. The lowest BCUT2D eigenvalue weighted by Crippen LogP contribution is -2.19. The molecule has 0 radical (unpaired) electrons. The maximum atomic E-state index is 12.5. The lowest BCUT2D eigenvalue weighted by Gasteiger charge is -2.12. The number of pyridine rings is 1. The molecule has 0 aliphatic rings. The fraction of sp³-hybridized carbons (Fsp3) is 0.167. The number of aromatic carboxylic acids is 1. The van der Waals surface area contributed by atoms with Crippen LogP contribution >= 0.6 is 0 Å². The molecule has 31 heavy (non-hydrogen) atoms. The number of carbonyl (C=O) groups is 1. The molecule has 3 rings (SSSR count). The van der Waals surface area contributed by atoms with Gasteiger partial charge in [0.25, 0.3) is 5.56 Å². The predicted octanol–water partition coefficient (Wildman–Crippen LogP) is 3.79. The summed E-state index contributed by atoms with van der Waals surface area (Å²) in [6, 6.07) is 13.5. The van der Waals surface area contributed by atoms with E-state index in [2.05, 4.69) is 0 Å². The van der Waals surface area contributed by atoms with Gasteiger partial charge in [0.2, 0.25) is 5.75 Å². The van der Waals surface area contributed by atoms with Crippen LogP contribution in [0.15, 0.2) is 59.5 Å². The maximum Gasteiger partial charge on any atom is 0.335 e. The SMILES string of the molecule is COc1cc(/C=C/c2ccn(Cc3cccc(C(=O)O)c3)c(=O)c2)cc(OC)c1OC. The molecular weight excluding hydrogens is 398 g/mol. The van der Waals surface area contributed by atoms with E-state index in [1.807, 2.05) is 30.4 Å². The summed E-state index contributed by atoms with van der Waals surface area (Å²) in [6.07, 6.45) is 5.35. The third-order valence-corrected chi connectivity index (χ3v) is 4.70. The minimum Gasteiger partial charge on any atom is -0.493 e. The molecule has 0 aliphatic heterocycles. The van der Waals surface area contributed by atoms with Gasteiger partial charge in [0.05, 0.1) is 33.4 Å². The van der Waals surface area contributed by atoms with E-state index >= 15 is 0 Å². The number of methoxy groups -OCH3 is 3. The van der Waals surface area contributed by atoms with Crippen LogP contribution in [0.2, 0.25) is 0 Å². The number of rotatable bonds is 8. The number of hydrogen-bond acceptors (Lipinski definition) is 5. The highest BCUT2D eigenvalue weighted by Gasteiger charge is 2.12. The molecule has 0 unspecified atom stereocenters. The number of aromatic nitrogens is 1. The van der Waals surface area contributed by atoms with Crippen LogP contribution < -0.4 is 19.8 Å². The summed E-state index contributed by atoms with van der Waals surface area (Å²) in [5.41, 5.74) is 2.30. The average molecular weight is 421 g/mol. The summed E-state index contributed by atoms with van der Waals surface area (Å²) in [7, 11) is 4.65. The lowest BCUT2D eigenvalue weighted by atomic mass is 10.1. The van der Waals surface area contributed by atoms with Gasteiger partial charge < -0.3 is 23.9 Å². The van der Waals surface area contributed by atoms with Crippen molar-refractivity contribution in [3.63, 3.8) is 0 Å². The predicted molar refractivity (Wildman–Crippen MR) is 118 cm³/mol. The summed E-state index contributed by atoms with van der Waals surface area (Å²) in [5, 5.41) is 9.12. The van der Waals surface area contributed by atoms with E-state index in [0.29, 0.717) is 17.2 Å². The van der Waals surface area contributed by atoms with Crippen LogP contribution in [-0.2, 0) is 6.54 Å². The Labute approximate surface area is 179 Å². The number of hydrogen-bond donors (Lipinski definition) is 1. The van der Waals surface area contributed by atoms with Crippen molar-refractivity contribution >= 4 is 18.1 Å². The van der Waals surface area contributed by atoms with Crippen molar-refractivity contribution in [2.75, 3.05) is 21.3 Å². The van der Waals surface area contributed by atoms with E-state index in [4.69, 9.17) is 19.3 Å². The molecule has 1 heterocycles. The molecule has 0 saturated heterocycles. The van der Waals surface area contributed by atoms with E-state index in [-0.39, 0.29) is 17.7 Å². The third-order valence-electron chi connectivity index (χ3n) is 4.70. The summed E-state index contributed by atoms with van der Waals surface area (Å²) in [5.74, 6) is 0.596. The van der Waals surface area contributed by atoms with Crippen molar-refractivity contribution in [3.8, 4) is 17.2 Å². The normalized spacial score (nSPS) is 10.8. The molecule has 0 fully saturated rings. The zero-order valence-electron chi connectivity index (χ0n) is 17.5. The summed E-state index contributed by atoms with van der Waals surface area (Å²) < 4.78 is 17.6. The first kappa shape index (κ1) is 21.7. The van der Waals surface area contributed by atoms with Gasteiger partial charge in [-0.1, -0.05) is 24.3 Å². The van der Waals surface area contributed by atoms with E-state index in [9.17, 15) is 9.59 Å². The van der Waals surface area contributed by atoms with Crippen LogP contribution in [0.4, 0.5) is 0 Å². The van der Waals surface area contributed by atoms with E-state index in [1.54, 1.807) is 45.7 Å². The molecule has 7 nitrogen and oxygen atoms in total. The minimum absolute atomic E-state index is 0.187. The monoisotopic (exact) mass is 421 g/mol. The Kier molecular flexibility index (Phi) is 6.77. The van der Waals surface area contributed by atoms with Crippen LogP contribution in [-0.4, -0.2) is 37.0 Å². The maximum absolute atomic E-state index is 12.5. The highest BCUT2D eigenvalue weighted by atomic mass is 16.5. The van der Waals surface area contributed by atoms with Gasteiger partial charge in [0.1, 0.15) is 0 Å². The molecule has 160 valence electrons. The zero-order chi connectivity index (χ0) is 22.4. The molecule has 0 amide bonds. The lowest BCUT2D eigenvalue weighted by molar-refractivity contribution is 0.0696. The van der Waals surface area contributed by atoms with Gasteiger partial charge in [-0.15, -0.1) is 0 Å². The molecule has 0 bridgehead atoms. The first-order chi connectivity index (χ1) is 14.9. The second-order valence-corrected chi connectivity index (χ2v) is 6.72. The Hall–Kier alpha value is -4.00. The van der Waals surface area contributed by atoms with Crippen molar-refractivity contribution < 1.29 is 24.1 Å². The van der Waals surface area contributed by atoms with Crippen LogP contribution in [0, 0.1) is 0 Å². The van der Waals surface area contributed by atoms with Gasteiger partial charge >= 0.3 is 5.97 Å². The Morgan fingerprint density at radius 1 is 0.935 bits per heavy atom. The van der Waals surface area contributed by atoms with Gasteiger partial charge in [0, 0.05) is 12.3 Å². The molecule has 3 aromatic rings. The van der Waals surface area contributed by atoms with Crippen molar-refractivity contribution in [1.29, 1.82) is 0 Å². The third kappa shape index (κ3) is 5.14. The first-order valence-electron chi connectivity index (χ1n) is 9.46. The average Bonchev–Trinajstić information content (AvgIpc) is 2.78. The van der Waals surface area contributed by atoms with Crippen LogP contribution in [0.1, 0.15) is 27.0 Å². The summed E-state index contributed by atoms with van der Waals surface area (Å²) in [6.45, 7) is 0.289. The molecule has 0 spiro atoms. The highest BCUT2D eigenvalue weighted by Crippen LogP contribution is 2.38. The van der Waals surface area contributed by atoms with Crippen LogP contribution in [0.25, 0.3) is 12.2 Å². The van der Waals surface area contributed by atoms with Gasteiger partial charge in [0.15, 0.2) is 11.5 Å². The number of carboxylic acids is 1. The molecule has 0 aliphatic carbocycles. The zero-order valence-corrected chi connectivity index (χ0v) is 17.5. The number of benzene rings is 2. The molecule has 0 saturated carbocycles. The minimum atomic E-state index is -0.999. The van der Waals surface area contributed by atoms with Crippen molar-refractivity contribution in [2.24, 2.45) is 0 Å². The molecule has 0 atom stereocenters. The Bertz CT molecular complexity index is 1150. The molecule has 2 aromatic carbocycles. The van der Waals surface area contributed by atoms with Gasteiger partial charge in [-0.25, -0.2) is 4.79 Å². The van der Waals surface area contributed by atoms with E-state index in [1.165, 1.54) is 16.7 Å². The van der Waals surface area contributed by atoms with Gasteiger partial charge in [-0.2, -0.15) is 0 Å². The molecule has 1 N–H and O–H groups in total. The Balaban J connectivity index is 1.82. The van der Waals surface area contributed by atoms with Gasteiger partial charge in [-0.05, 0) is 47.0 Å². The van der Waals surface area contributed by atoms with Crippen LogP contribution in [0.3, 0.4) is 0 Å². The second-order valence-electron chi connectivity index (χ2n) is 6.72. The van der Waals surface area contributed by atoms with Crippen molar-refractivity contribution in [3.05, 3.63) is 87.3 Å². The fourth-order valence-electron chi connectivity index (χ4n) is 3.15. The molecule has 7 heteroatoms. The number of carboxylic acid groups (broad SMARTS) is 1. The van der Waals surface area contributed by atoms with E-state index in [0.717, 1.165) is 16.7 Å². The number of ether oxygens (including phenoxy) is 3. The Morgan fingerprint density at radius 2 is 1.61 bits per heavy atom. The Morgan fingerprint density at radius 3 is 2.19 bits per heavy atom. The topological polar surface area (TPSA) is 87.0 Å². The quantitative estimate of drug-likeness (QED) is 0.596. The standard InChI is InChI=1S/C24H23NO6/c1-29-20-12-17(13-21(30-2)23(20)31-3)8-7-16-9-10-25(22(26)14-16)15-18-5-4-6-19(11-18)24(27)28/h4-14H,15H2,1-3H3,(H,27,28)/b8-7+. The van der Waals surface area contributed by atoms with E-state index < -0.39 is 5.97 Å². The second kappa shape index (κ2) is 9.67. The van der Waals surface area contributed by atoms with Gasteiger partial charge in [-0.3, -0.25) is 4.79 Å². The first-order valence-corrected chi connectivity index (χ1v) is 9.46.